The fourth-order valence-electron chi connectivity index (χ4n) is 3.59. The average Bonchev–Trinajstić information content (AvgIpc) is 2.70. The van der Waals surface area contributed by atoms with E-state index >= 15 is 0 Å². The summed E-state index contributed by atoms with van der Waals surface area (Å²) in [5, 5.41) is 3.57. The van der Waals surface area contributed by atoms with Gasteiger partial charge in [-0.3, -0.25) is 0 Å². The first kappa shape index (κ1) is 19.5. The minimum absolute atomic E-state index is 0.544. The smallest absolute Gasteiger partial charge is 0.166 e. The lowest BCUT2D eigenvalue weighted by atomic mass is 9.97. The summed E-state index contributed by atoms with van der Waals surface area (Å²) in [6.45, 7) is 4.43. The number of para-hydroxylation sites is 1. The van der Waals surface area contributed by atoms with Crippen molar-refractivity contribution in [2.75, 3.05) is 13.7 Å². The lowest BCUT2D eigenvalue weighted by Gasteiger charge is -2.17. The van der Waals surface area contributed by atoms with Gasteiger partial charge in [-0.2, -0.15) is 0 Å². The van der Waals surface area contributed by atoms with Crippen molar-refractivity contribution in [3.63, 3.8) is 0 Å². The van der Waals surface area contributed by atoms with Gasteiger partial charge >= 0.3 is 0 Å². The molecule has 0 bridgehead atoms. The van der Waals surface area contributed by atoms with Gasteiger partial charge in [0.15, 0.2) is 11.5 Å². The molecule has 0 atom stereocenters. The van der Waals surface area contributed by atoms with Crippen molar-refractivity contribution in [1.29, 1.82) is 0 Å². The largest absolute Gasteiger partial charge is 0.493 e. The monoisotopic (exact) mass is 365 g/mol. The van der Waals surface area contributed by atoms with E-state index in [0.29, 0.717) is 6.61 Å². The Kier molecular flexibility index (Phi) is 7.35. The average molecular weight is 366 g/mol. The lowest BCUT2D eigenvalue weighted by molar-refractivity contribution is 0.280. The molecule has 2 aromatic carbocycles. The van der Waals surface area contributed by atoms with Gasteiger partial charge in [-0.25, -0.2) is 0 Å². The van der Waals surface area contributed by atoms with E-state index in [1.807, 2.05) is 12.1 Å². The molecule has 0 spiro atoms. The van der Waals surface area contributed by atoms with Crippen LogP contribution in [0.3, 0.4) is 0 Å². The van der Waals surface area contributed by atoms with Crippen molar-refractivity contribution in [2.24, 2.45) is 0 Å². The fourth-order valence-corrected chi connectivity index (χ4v) is 3.59. The minimum atomic E-state index is 0.544. The second-order valence-electron chi connectivity index (χ2n) is 7.26. The van der Waals surface area contributed by atoms with E-state index in [0.717, 1.165) is 36.6 Å². The first-order chi connectivity index (χ1) is 13.3. The topological polar surface area (TPSA) is 30.5 Å². The SMILES string of the molecule is COc1cccc(CNCCC2=CCCCC2)c1OCc1cccc(C)c1. The molecule has 0 unspecified atom stereocenters. The van der Waals surface area contributed by atoms with Crippen molar-refractivity contribution in [3.05, 3.63) is 70.8 Å². The lowest BCUT2D eigenvalue weighted by Crippen LogP contribution is -2.16. The van der Waals surface area contributed by atoms with Crippen LogP contribution in [0.2, 0.25) is 0 Å². The number of rotatable bonds is 9. The molecule has 3 nitrogen and oxygen atoms in total. The summed E-state index contributed by atoms with van der Waals surface area (Å²) in [4.78, 5) is 0. The Bertz CT molecular complexity index is 767. The molecule has 3 rings (SSSR count). The Morgan fingerprint density at radius 2 is 1.96 bits per heavy atom. The molecular weight excluding hydrogens is 334 g/mol. The summed E-state index contributed by atoms with van der Waals surface area (Å²) in [6, 6.07) is 14.5. The Hall–Kier alpha value is -2.26. The molecule has 27 heavy (non-hydrogen) atoms. The third-order valence-corrected chi connectivity index (χ3v) is 5.07. The number of hydrogen-bond donors (Lipinski definition) is 1. The van der Waals surface area contributed by atoms with Gasteiger partial charge in [-0.1, -0.05) is 53.6 Å². The van der Waals surface area contributed by atoms with Crippen LogP contribution in [0, 0.1) is 6.92 Å². The van der Waals surface area contributed by atoms with Gasteiger partial charge in [-0.15, -0.1) is 0 Å². The molecule has 0 aliphatic heterocycles. The summed E-state index contributed by atoms with van der Waals surface area (Å²) in [7, 11) is 1.70. The maximum absolute atomic E-state index is 6.17. The van der Waals surface area contributed by atoms with E-state index < -0.39 is 0 Å². The molecule has 0 amide bonds. The predicted molar refractivity (Wildman–Crippen MR) is 111 cm³/mol. The Labute approximate surface area is 163 Å². The van der Waals surface area contributed by atoms with E-state index in [1.165, 1.54) is 36.8 Å². The summed E-state index contributed by atoms with van der Waals surface area (Å²) in [5.41, 5.74) is 5.16. The molecule has 1 aliphatic rings. The maximum atomic E-state index is 6.17. The Morgan fingerprint density at radius 1 is 1.07 bits per heavy atom. The molecular formula is C24H31NO2. The van der Waals surface area contributed by atoms with Gasteiger partial charge in [0, 0.05) is 12.1 Å². The first-order valence-electron chi connectivity index (χ1n) is 9.99. The van der Waals surface area contributed by atoms with E-state index in [1.54, 1.807) is 12.7 Å². The van der Waals surface area contributed by atoms with Crippen LogP contribution in [-0.2, 0) is 13.2 Å². The third kappa shape index (κ3) is 5.86. The number of methoxy groups -OCH3 is 1. The van der Waals surface area contributed by atoms with E-state index in [4.69, 9.17) is 9.47 Å². The van der Waals surface area contributed by atoms with Crippen molar-refractivity contribution in [1.82, 2.24) is 5.32 Å². The molecule has 0 saturated carbocycles. The summed E-state index contributed by atoms with van der Waals surface area (Å²) < 4.78 is 11.7. The van der Waals surface area contributed by atoms with Gasteiger partial charge < -0.3 is 14.8 Å². The van der Waals surface area contributed by atoms with Crippen LogP contribution in [0.5, 0.6) is 11.5 Å². The molecule has 3 heteroatoms. The Morgan fingerprint density at radius 3 is 2.74 bits per heavy atom. The highest BCUT2D eigenvalue weighted by Gasteiger charge is 2.11. The van der Waals surface area contributed by atoms with Gasteiger partial charge in [-0.05, 0) is 57.2 Å². The third-order valence-electron chi connectivity index (χ3n) is 5.07. The van der Waals surface area contributed by atoms with E-state index in [9.17, 15) is 0 Å². The number of ether oxygens (including phenoxy) is 2. The van der Waals surface area contributed by atoms with Gasteiger partial charge in [0.05, 0.1) is 7.11 Å². The highest BCUT2D eigenvalue weighted by Crippen LogP contribution is 2.32. The zero-order valence-electron chi connectivity index (χ0n) is 16.6. The molecule has 1 aliphatic carbocycles. The van der Waals surface area contributed by atoms with Crippen molar-refractivity contribution in [2.45, 2.75) is 52.2 Å². The van der Waals surface area contributed by atoms with E-state index in [2.05, 4.69) is 48.6 Å². The normalized spacial score (nSPS) is 13.9. The number of nitrogens with one attached hydrogen (secondary N) is 1. The quantitative estimate of drug-likeness (QED) is 0.466. The molecule has 0 aromatic heterocycles. The van der Waals surface area contributed by atoms with Crippen LogP contribution in [0.1, 0.15) is 48.8 Å². The van der Waals surface area contributed by atoms with Crippen molar-refractivity contribution >= 4 is 0 Å². The summed E-state index contributed by atoms with van der Waals surface area (Å²) in [5.74, 6) is 1.63. The highest BCUT2D eigenvalue weighted by atomic mass is 16.5. The fraction of sp³-hybridized carbons (Fsp3) is 0.417. The first-order valence-corrected chi connectivity index (χ1v) is 9.99. The molecule has 0 radical (unpaired) electrons. The van der Waals surface area contributed by atoms with Crippen molar-refractivity contribution in [3.8, 4) is 11.5 Å². The van der Waals surface area contributed by atoms with Crippen LogP contribution in [-0.4, -0.2) is 13.7 Å². The maximum Gasteiger partial charge on any atom is 0.166 e. The highest BCUT2D eigenvalue weighted by molar-refractivity contribution is 5.46. The molecule has 0 heterocycles. The number of allylic oxidation sites excluding steroid dienone is 1. The standard InChI is InChI=1S/C24H31NO2/c1-19-8-6-11-21(16-19)18-27-24-22(12-7-13-23(24)26-2)17-25-15-14-20-9-4-3-5-10-20/h6-9,11-13,16,25H,3-5,10,14-15,17-18H2,1-2H3. The second-order valence-corrected chi connectivity index (χ2v) is 7.26. The summed E-state index contributed by atoms with van der Waals surface area (Å²) >= 11 is 0. The molecule has 1 N–H and O–H groups in total. The predicted octanol–water partition coefficient (Wildman–Crippen LogP) is 5.56. The van der Waals surface area contributed by atoms with Crippen LogP contribution in [0.25, 0.3) is 0 Å². The van der Waals surface area contributed by atoms with E-state index in [-0.39, 0.29) is 0 Å². The van der Waals surface area contributed by atoms with Crippen LogP contribution in [0.15, 0.2) is 54.1 Å². The number of hydrogen-bond acceptors (Lipinski definition) is 3. The molecule has 0 fully saturated rings. The number of benzene rings is 2. The van der Waals surface area contributed by atoms with Crippen LogP contribution >= 0.6 is 0 Å². The van der Waals surface area contributed by atoms with Crippen LogP contribution < -0.4 is 14.8 Å². The van der Waals surface area contributed by atoms with Gasteiger partial charge in [0.1, 0.15) is 6.61 Å². The Balaban J connectivity index is 1.59. The molecule has 144 valence electrons. The van der Waals surface area contributed by atoms with Crippen molar-refractivity contribution < 1.29 is 9.47 Å². The minimum Gasteiger partial charge on any atom is -0.493 e. The molecule has 0 saturated heterocycles. The van der Waals surface area contributed by atoms with Crippen LogP contribution in [0.4, 0.5) is 0 Å². The number of aryl methyl sites for hydroxylation is 1. The van der Waals surface area contributed by atoms with Gasteiger partial charge in [0.2, 0.25) is 0 Å². The zero-order valence-corrected chi connectivity index (χ0v) is 16.6. The summed E-state index contributed by atoms with van der Waals surface area (Å²) in [6.07, 6.45) is 8.78. The van der Waals surface area contributed by atoms with Gasteiger partial charge in [0.25, 0.3) is 0 Å². The molecule has 2 aromatic rings. The second kappa shape index (κ2) is 10.2. The zero-order chi connectivity index (χ0) is 18.9.